The topological polar surface area (TPSA) is 122 Å². The van der Waals surface area contributed by atoms with Crippen molar-refractivity contribution in [1.29, 1.82) is 0 Å². The SMILES string of the molecule is C[C@H]1CCCCN1c1nnc2ccc(O[C@@H]3CC[C@H](NC(=O)Nc4cc(C(C)(C)C)nn4-c4cc(F)cc(CO)c4)c4ccccc43)cn12. The summed E-state index contributed by atoms with van der Waals surface area (Å²) in [5.74, 6) is 1.46. The summed E-state index contributed by atoms with van der Waals surface area (Å²) in [5, 5.41) is 29.4. The van der Waals surface area contributed by atoms with Crippen molar-refractivity contribution in [1.82, 2.24) is 29.7 Å². The number of rotatable bonds is 7. The Morgan fingerprint density at radius 2 is 1.84 bits per heavy atom. The molecule has 1 aliphatic carbocycles. The number of anilines is 2. The number of piperidine rings is 1. The van der Waals surface area contributed by atoms with Crippen LogP contribution < -0.4 is 20.3 Å². The van der Waals surface area contributed by atoms with Crippen molar-refractivity contribution in [2.45, 2.75) is 90.0 Å². The number of ether oxygens (including phenoxy) is 1. The average molecular weight is 667 g/mol. The van der Waals surface area contributed by atoms with E-state index in [4.69, 9.17) is 9.84 Å². The van der Waals surface area contributed by atoms with E-state index in [0.717, 1.165) is 53.6 Å². The third kappa shape index (κ3) is 6.69. The first-order valence-corrected chi connectivity index (χ1v) is 17.0. The van der Waals surface area contributed by atoms with Gasteiger partial charge in [0.25, 0.3) is 0 Å². The second kappa shape index (κ2) is 13.1. The van der Waals surface area contributed by atoms with E-state index in [0.29, 0.717) is 36.0 Å². The van der Waals surface area contributed by atoms with Gasteiger partial charge in [0.1, 0.15) is 23.5 Å². The number of carbonyl (C=O) groups is 1. The summed E-state index contributed by atoms with van der Waals surface area (Å²) in [6.45, 7) is 8.93. The number of nitrogens with zero attached hydrogens (tertiary/aromatic N) is 6. The minimum atomic E-state index is -0.501. The molecule has 3 N–H and O–H groups in total. The van der Waals surface area contributed by atoms with Gasteiger partial charge in [-0.15, -0.1) is 10.2 Å². The van der Waals surface area contributed by atoms with E-state index in [9.17, 15) is 14.3 Å². The molecule has 1 fully saturated rings. The molecular weight excluding hydrogens is 623 g/mol. The van der Waals surface area contributed by atoms with Crippen LogP contribution in [0.3, 0.4) is 0 Å². The maximum absolute atomic E-state index is 14.4. The second-order valence-electron chi connectivity index (χ2n) is 14.1. The number of fused-ring (bicyclic) bond motifs is 2. The van der Waals surface area contributed by atoms with Gasteiger partial charge in [0.05, 0.1) is 30.2 Å². The molecule has 0 unspecified atom stereocenters. The second-order valence-corrected chi connectivity index (χ2v) is 14.1. The summed E-state index contributed by atoms with van der Waals surface area (Å²) >= 11 is 0. The molecule has 5 aromatic rings. The summed E-state index contributed by atoms with van der Waals surface area (Å²) < 4.78 is 24.6. The molecule has 0 saturated carbocycles. The number of pyridine rings is 1. The fourth-order valence-electron chi connectivity index (χ4n) is 6.90. The highest BCUT2D eigenvalue weighted by atomic mass is 19.1. The van der Waals surface area contributed by atoms with Crippen LogP contribution in [-0.2, 0) is 12.0 Å². The highest BCUT2D eigenvalue weighted by Gasteiger charge is 2.31. The fraction of sp³-hybridized carbons (Fsp3) is 0.405. The van der Waals surface area contributed by atoms with Crippen LogP contribution in [0.2, 0.25) is 0 Å². The van der Waals surface area contributed by atoms with E-state index < -0.39 is 11.8 Å². The number of aromatic nitrogens is 5. The third-order valence-corrected chi connectivity index (χ3v) is 9.53. The zero-order valence-corrected chi connectivity index (χ0v) is 28.4. The molecule has 2 amide bonds. The lowest BCUT2D eigenvalue weighted by atomic mass is 9.85. The maximum atomic E-state index is 14.4. The van der Waals surface area contributed by atoms with Gasteiger partial charge in [0, 0.05) is 24.1 Å². The predicted octanol–water partition coefficient (Wildman–Crippen LogP) is 7.00. The van der Waals surface area contributed by atoms with Crippen molar-refractivity contribution in [2.75, 3.05) is 16.8 Å². The lowest BCUT2D eigenvalue weighted by Gasteiger charge is -2.33. The molecule has 0 spiro atoms. The van der Waals surface area contributed by atoms with Crippen LogP contribution in [0.15, 0.2) is 66.9 Å². The highest BCUT2D eigenvalue weighted by Crippen LogP contribution is 2.39. The van der Waals surface area contributed by atoms with Crippen LogP contribution in [0.4, 0.5) is 21.0 Å². The normalized spacial score (nSPS) is 19.5. The van der Waals surface area contributed by atoms with Gasteiger partial charge in [-0.1, -0.05) is 45.0 Å². The molecule has 49 heavy (non-hydrogen) atoms. The molecule has 3 atom stereocenters. The molecular formula is C37H43FN8O3. The number of benzene rings is 2. The van der Waals surface area contributed by atoms with E-state index in [2.05, 4.69) is 38.7 Å². The Morgan fingerprint density at radius 3 is 2.61 bits per heavy atom. The predicted molar refractivity (Wildman–Crippen MR) is 186 cm³/mol. The van der Waals surface area contributed by atoms with Gasteiger partial charge in [-0.3, -0.25) is 9.72 Å². The fourth-order valence-corrected chi connectivity index (χ4v) is 6.90. The minimum Gasteiger partial charge on any atom is -0.484 e. The number of aliphatic hydroxyl groups excluding tert-OH is 1. The first-order chi connectivity index (χ1) is 23.6. The first-order valence-electron chi connectivity index (χ1n) is 17.0. The number of amides is 2. The summed E-state index contributed by atoms with van der Waals surface area (Å²) in [4.78, 5) is 15.9. The van der Waals surface area contributed by atoms with Gasteiger partial charge in [-0.2, -0.15) is 5.10 Å². The Hall–Kier alpha value is -4.97. The van der Waals surface area contributed by atoms with Crippen molar-refractivity contribution in [3.8, 4) is 11.4 Å². The van der Waals surface area contributed by atoms with Gasteiger partial charge in [-0.05, 0) is 86.1 Å². The van der Waals surface area contributed by atoms with Crippen molar-refractivity contribution >= 4 is 23.4 Å². The molecule has 256 valence electrons. The number of hydrogen-bond donors (Lipinski definition) is 3. The summed E-state index contributed by atoms with van der Waals surface area (Å²) in [6.07, 6.45) is 6.63. The maximum Gasteiger partial charge on any atom is 0.320 e. The van der Waals surface area contributed by atoms with Crippen LogP contribution in [0.25, 0.3) is 11.3 Å². The molecule has 11 nitrogen and oxygen atoms in total. The van der Waals surface area contributed by atoms with Crippen LogP contribution in [-0.4, -0.2) is 48.1 Å². The zero-order valence-electron chi connectivity index (χ0n) is 28.4. The Kier molecular flexibility index (Phi) is 8.74. The molecule has 0 radical (unpaired) electrons. The standard InChI is InChI=1S/C37H43FN8O3/c1-23-9-7-8-16-44(23)36-42-41-33-15-12-27(21-45(33)36)49-31-14-13-30(28-10-5-6-11-29(28)31)39-35(48)40-34-20-32(37(2,3)4)43-46(34)26-18-24(22-47)17-25(38)19-26/h5-6,10-12,15,17-21,23,30-31,47H,7-9,13-14,16,22H2,1-4H3,(H2,39,40,48)/t23-,30-,31+/m0/s1. The number of carbonyl (C=O) groups excluding carboxylic acids is 1. The Balaban J connectivity index is 1.10. The van der Waals surface area contributed by atoms with Gasteiger partial charge < -0.3 is 20.1 Å². The molecule has 4 heterocycles. The molecule has 7 rings (SSSR count). The first kappa shape index (κ1) is 32.6. The number of nitrogens with one attached hydrogen (secondary N) is 2. The van der Waals surface area contributed by atoms with E-state index >= 15 is 0 Å². The summed E-state index contributed by atoms with van der Waals surface area (Å²) in [6, 6.07) is 17.7. The van der Waals surface area contributed by atoms with Crippen LogP contribution in [0.1, 0.15) is 94.3 Å². The quantitative estimate of drug-likeness (QED) is 0.171. The van der Waals surface area contributed by atoms with E-state index in [1.54, 1.807) is 12.1 Å². The monoisotopic (exact) mass is 666 g/mol. The largest absolute Gasteiger partial charge is 0.484 e. The van der Waals surface area contributed by atoms with Gasteiger partial charge >= 0.3 is 6.03 Å². The molecule has 12 heteroatoms. The zero-order chi connectivity index (χ0) is 34.3. The van der Waals surface area contributed by atoms with Crippen molar-refractivity contribution < 1.29 is 19.0 Å². The van der Waals surface area contributed by atoms with E-state index in [1.807, 2.05) is 61.7 Å². The molecule has 3 aromatic heterocycles. The van der Waals surface area contributed by atoms with E-state index in [1.165, 1.54) is 23.2 Å². The molecule has 2 aliphatic rings. The van der Waals surface area contributed by atoms with Crippen molar-refractivity contribution in [3.63, 3.8) is 0 Å². The van der Waals surface area contributed by atoms with Crippen LogP contribution in [0, 0.1) is 5.82 Å². The number of urea groups is 1. The average Bonchev–Trinajstić information content (AvgIpc) is 3.70. The molecule has 1 saturated heterocycles. The van der Waals surface area contributed by atoms with Gasteiger partial charge in [0.15, 0.2) is 5.65 Å². The van der Waals surface area contributed by atoms with Gasteiger partial charge in [-0.25, -0.2) is 13.9 Å². The number of aliphatic hydroxyl groups is 1. The van der Waals surface area contributed by atoms with Gasteiger partial charge in [0.2, 0.25) is 5.95 Å². The number of hydrogen-bond acceptors (Lipinski definition) is 7. The van der Waals surface area contributed by atoms with Crippen molar-refractivity contribution in [3.05, 3.63) is 95.1 Å². The van der Waals surface area contributed by atoms with Crippen molar-refractivity contribution in [2.24, 2.45) is 0 Å². The molecule has 1 aliphatic heterocycles. The van der Waals surface area contributed by atoms with E-state index in [-0.39, 0.29) is 24.2 Å². The Morgan fingerprint density at radius 1 is 1.02 bits per heavy atom. The third-order valence-electron chi connectivity index (χ3n) is 9.53. The minimum absolute atomic E-state index is 0.201. The lowest BCUT2D eigenvalue weighted by molar-refractivity contribution is 0.171. The highest BCUT2D eigenvalue weighted by molar-refractivity contribution is 5.89. The Bertz CT molecular complexity index is 1980. The summed E-state index contributed by atoms with van der Waals surface area (Å²) in [5.41, 5.74) is 4.00. The van der Waals surface area contributed by atoms with Crippen LogP contribution in [0.5, 0.6) is 5.75 Å². The molecule has 2 aromatic carbocycles. The Labute approximate surface area is 285 Å². The smallest absolute Gasteiger partial charge is 0.320 e. The summed E-state index contributed by atoms with van der Waals surface area (Å²) in [7, 11) is 0. The lowest BCUT2D eigenvalue weighted by Crippen LogP contribution is -2.38. The van der Waals surface area contributed by atoms with Crippen LogP contribution >= 0.6 is 0 Å². The number of halogens is 1. The molecule has 0 bridgehead atoms.